The molecule has 0 aromatic carbocycles. The summed E-state index contributed by atoms with van der Waals surface area (Å²) in [5, 5.41) is 0. The average molecular weight is 395 g/mol. The van der Waals surface area contributed by atoms with Crippen molar-refractivity contribution in [2.24, 2.45) is 11.8 Å². The third-order valence-corrected chi connectivity index (χ3v) is 4.19. The number of rotatable bonds is 8. The first-order valence-corrected chi connectivity index (χ1v) is 9.80. The van der Waals surface area contributed by atoms with Gasteiger partial charge in [0.25, 0.3) is 0 Å². The molecule has 1 aliphatic rings. The van der Waals surface area contributed by atoms with Crippen molar-refractivity contribution in [3.63, 3.8) is 0 Å². The van der Waals surface area contributed by atoms with E-state index in [9.17, 15) is 14.4 Å². The van der Waals surface area contributed by atoms with Crippen LogP contribution in [0.25, 0.3) is 0 Å². The Balaban J connectivity index is 2.74. The molecule has 0 aromatic heterocycles. The molecule has 1 amide bonds. The van der Waals surface area contributed by atoms with Crippen LogP contribution in [0.4, 0.5) is 4.79 Å². The zero-order chi connectivity index (χ0) is 21.2. The first-order valence-electron chi connectivity index (χ1n) is 9.80. The standard InChI is InChI=1S/C21H33NO6/c1-6-26-18(23)12-8-10-16-14-22(20(25)28-21(3,4)5)15-17(16)11-9-13-19(24)27-7-2/h8-9,12-13,16-17H,6-7,10-11,14-15H2,1-5H3/b12-8+,13-9+. The van der Waals surface area contributed by atoms with Gasteiger partial charge in [0, 0.05) is 25.2 Å². The molecule has 1 saturated heterocycles. The maximum atomic E-state index is 12.4. The zero-order valence-electron chi connectivity index (χ0n) is 17.6. The first kappa shape index (κ1) is 23.7. The van der Waals surface area contributed by atoms with Crippen LogP contribution in [-0.4, -0.2) is 54.8 Å². The van der Waals surface area contributed by atoms with Crippen LogP contribution >= 0.6 is 0 Å². The lowest BCUT2D eigenvalue weighted by atomic mass is 9.90. The number of nitrogens with zero attached hydrogens (tertiary/aromatic N) is 1. The summed E-state index contributed by atoms with van der Waals surface area (Å²) in [6.45, 7) is 10.8. The van der Waals surface area contributed by atoms with E-state index in [2.05, 4.69) is 0 Å². The lowest BCUT2D eigenvalue weighted by Gasteiger charge is -2.24. The molecule has 7 nitrogen and oxygen atoms in total. The van der Waals surface area contributed by atoms with Crippen molar-refractivity contribution in [3.8, 4) is 0 Å². The van der Waals surface area contributed by atoms with Crippen molar-refractivity contribution in [1.29, 1.82) is 0 Å². The molecule has 28 heavy (non-hydrogen) atoms. The van der Waals surface area contributed by atoms with E-state index in [0.717, 1.165) is 0 Å². The molecule has 2 atom stereocenters. The minimum absolute atomic E-state index is 0.157. The van der Waals surface area contributed by atoms with Gasteiger partial charge < -0.3 is 19.1 Å². The summed E-state index contributed by atoms with van der Waals surface area (Å²) in [7, 11) is 0. The number of allylic oxidation sites excluding steroid dienone is 2. The minimum atomic E-state index is -0.557. The van der Waals surface area contributed by atoms with Gasteiger partial charge >= 0.3 is 18.0 Å². The Labute approximate surface area is 167 Å². The molecule has 0 spiro atoms. The number of carbonyl (C=O) groups excluding carboxylic acids is 3. The molecule has 1 rings (SSSR count). The monoisotopic (exact) mass is 395 g/mol. The number of esters is 2. The van der Waals surface area contributed by atoms with Crippen molar-refractivity contribution >= 4 is 18.0 Å². The predicted octanol–water partition coefficient (Wildman–Crippen LogP) is 3.49. The van der Waals surface area contributed by atoms with Crippen LogP contribution in [0.2, 0.25) is 0 Å². The highest BCUT2D eigenvalue weighted by Crippen LogP contribution is 2.30. The lowest BCUT2D eigenvalue weighted by molar-refractivity contribution is -0.138. The summed E-state index contributed by atoms with van der Waals surface area (Å²) in [6.07, 6.45) is 7.33. The molecule has 0 N–H and O–H groups in total. The molecule has 0 aromatic rings. The highest BCUT2D eigenvalue weighted by atomic mass is 16.6. The number of hydrogen-bond donors (Lipinski definition) is 0. The van der Waals surface area contributed by atoms with Crippen LogP contribution in [0.3, 0.4) is 0 Å². The van der Waals surface area contributed by atoms with Crippen LogP contribution in [-0.2, 0) is 23.8 Å². The molecule has 1 aliphatic heterocycles. The van der Waals surface area contributed by atoms with Crippen molar-refractivity contribution in [2.75, 3.05) is 26.3 Å². The van der Waals surface area contributed by atoms with Crippen LogP contribution in [0.1, 0.15) is 47.5 Å². The van der Waals surface area contributed by atoms with Crippen LogP contribution in [0.15, 0.2) is 24.3 Å². The van der Waals surface area contributed by atoms with E-state index < -0.39 is 5.60 Å². The van der Waals surface area contributed by atoms with E-state index in [1.54, 1.807) is 30.9 Å². The zero-order valence-corrected chi connectivity index (χ0v) is 17.6. The van der Waals surface area contributed by atoms with E-state index >= 15 is 0 Å². The number of hydrogen-bond acceptors (Lipinski definition) is 6. The van der Waals surface area contributed by atoms with Gasteiger partial charge in [-0.3, -0.25) is 0 Å². The van der Waals surface area contributed by atoms with Crippen molar-refractivity contribution in [2.45, 2.75) is 53.1 Å². The Morgan fingerprint density at radius 2 is 1.32 bits per heavy atom. The summed E-state index contributed by atoms with van der Waals surface area (Å²) < 4.78 is 15.2. The molecular weight excluding hydrogens is 362 g/mol. The third-order valence-electron chi connectivity index (χ3n) is 4.19. The second-order valence-corrected chi connectivity index (χ2v) is 7.69. The topological polar surface area (TPSA) is 82.1 Å². The summed E-state index contributed by atoms with van der Waals surface area (Å²) in [5.74, 6) is -0.429. The van der Waals surface area contributed by atoms with E-state index in [0.29, 0.717) is 39.1 Å². The first-order chi connectivity index (χ1) is 13.2. The van der Waals surface area contributed by atoms with E-state index in [1.165, 1.54) is 12.2 Å². The number of likely N-dealkylation sites (tertiary alicyclic amines) is 1. The van der Waals surface area contributed by atoms with Crippen LogP contribution in [0, 0.1) is 11.8 Å². The Morgan fingerprint density at radius 3 is 1.68 bits per heavy atom. The van der Waals surface area contributed by atoms with Gasteiger partial charge in [-0.15, -0.1) is 0 Å². The van der Waals surface area contributed by atoms with Gasteiger partial charge in [-0.1, -0.05) is 12.2 Å². The second kappa shape index (κ2) is 11.5. The van der Waals surface area contributed by atoms with Crippen molar-refractivity contribution in [3.05, 3.63) is 24.3 Å². The molecule has 0 aliphatic carbocycles. The Morgan fingerprint density at radius 1 is 0.893 bits per heavy atom. The molecule has 158 valence electrons. The van der Waals surface area contributed by atoms with Crippen LogP contribution in [0.5, 0.6) is 0 Å². The summed E-state index contributed by atoms with van der Waals surface area (Å²) in [4.78, 5) is 37.1. The number of ether oxygens (including phenoxy) is 3. The smallest absolute Gasteiger partial charge is 0.410 e. The van der Waals surface area contributed by atoms with E-state index in [-0.39, 0.29) is 29.9 Å². The van der Waals surface area contributed by atoms with Gasteiger partial charge in [0.15, 0.2) is 0 Å². The second-order valence-electron chi connectivity index (χ2n) is 7.69. The Hall–Kier alpha value is -2.31. The van der Waals surface area contributed by atoms with E-state index in [4.69, 9.17) is 14.2 Å². The Bertz CT molecular complexity index is 552. The largest absolute Gasteiger partial charge is 0.463 e. The number of amides is 1. The minimum Gasteiger partial charge on any atom is -0.463 e. The maximum Gasteiger partial charge on any atom is 0.410 e. The van der Waals surface area contributed by atoms with Crippen molar-refractivity contribution < 1.29 is 28.6 Å². The highest BCUT2D eigenvalue weighted by molar-refractivity contribution is 5.82. The summed E-state index contributed by atoms with van der Waals surface area (Å²) in [6, 6.07) is 0. The molecule has 2 unspecified atom stereocenters. The fourth-order valence-electron chi connectivity index (χ4n) is 3.01. The predicted molar refractivity (Wildman–Crippen MR) is 106 cm³/mol. The molecule has 1 fully saturated rings. The van der Waals surface area contributed by atoms with Gasteiger partial charge in [0.1, 0.15) is 5.60 Å². The third kappa shape index (κ3) is 9.06. The van der Waals surface area contributed by atoms with Gasteiger partial charge in [0.2, 0.25) is 0 Å². The summed E-state index contributed by atoms with van der Waals surface area (Å²) in [5.41, 5.74) is -0.557. The van der Waals surface area contributed by atoms with Gasteiger partial charge in [-0.05, 0) is 59.3 Å². The van der Waals surface area contributed by atoms with Gasteiger partial charge in [0.05, 0.1) is 13.2 Å². The van der Waals surface area contributed by atoms with Crippen LogP contribution < -0.4 is 0 Å². The molecular formula is C21H33NO6. The number of carbonyl (C=O) groups is 3. The van der Waals surface area contributed by atoms with Gasteiger partial charge in [-0.2, -0.15) is 0 Å². The summed E-state index contributed by atoms with van der Waals surface area (Å²) >= 11 is 0. The SMILES string of the molecule is CCOC(=O)/C=C/CC1CN(C(=O)OC(C)(C)C)CC1C/C=C/C(=O)OCC. The molecule has 7 heteroatoms. The highest BCUT2D eigenvalue weighted by Gasteiger charge is 2.35. The quantitative estimate of drug-likeness (QED) is 0.355. The molecule has 0 saturated carbocycles. The fourth-order valence-corrected chi connectivity index (χ4v) is 3.01. The Kier molecular flexibility index (Phi) is 9.76. The fraction of sp³-hybridized carbons (Fsp3) is 0.667. The van der Waals surface area contributed by atoms with E-state index in [1.807, 2.05) is 20.8 Å². The van der Waals surface area contributed by atoms with Crippen molar-refractivity contribution in [1.82, 2.24) is 4.90 Å². The average Bonchev–Trinajstić information content (AvgIpc) is 2.97. The van der Waals surface area contributed by atoms with Gasteiger partial charge in [-0.25, -0.2) is 14.4 Å². The maximum absolute atomic E-state index is 12.4. The lowest BCUT2D eigenvalue weighted by Crippen LogP contribution is -2.35. The normalized spacial score (nSPS) is 20.0. The molecule has 1 heterocycles. The molecule has 0 bridgehead atoms. The molecule has 0 radical (unpaired) electrons.